The number of hydrogen-bond donors (Lipinski definition) is 1. The second kappa shape index (κ2) is 5.58. The van der Waals surface area contributed by atoms with Crippen LogP contribution in [0.4, 0.5) is 0 Å². The van der Waals surface area contributed by atoms with Crippen molar-refractivity contribution in [1.82, 2.24) is 5.32 Å². The van der Waals surface area contributed by atoms with Crippen molar-refractivity contribution < 1.29 is 9.47 Å². The molecule has 2 atom stereocenters. The molecular formula is C10H21NO2. The van der Waals surface area contributed by atoms with Gasteiger partial charge in [0.05, 0.1) is 19.3 Å². The lowest BCUT2D eigenvalue weighted by Crippen LogP contribution is -2.26. The Hall–Kier alpha value is -0.120. The quantitative estimate of drug-likeness (QED) is 0.652. The van der Waals surface area contributed by atoms with E-state index in [-0.39, 0.29) is 0 Å². The van der Waals surface area contributed by atoms with Gasteiger partial charge in [0.15, 0.2) is 0 Å². The Morgan fingerprint density at radius 2 is 2.15 bits per heavy atom. The van der Waals surface area contributed by atoms with Crippen molar-refractivity contribution in [3.8, 4) is 0 Å². The molecule has 0 unspecified atom stereocenters. The van der Waals surface area contributed by atoms with Crippen LogP contribution in [0.15, 0.2) is 0 Å². The molecular weight excluding hydrogens is 166 g/mol. The van der Waals surface area contributed by atoms with Crippen molar-refractivity contribution in [1.29, 1.82) is 0 Å². The standard InChI is InChI=1S/C10H21NO2/c1-8(2)10-6-9(7-11-10)13-5-4-12-3/h8-11H,4-7H2,1-3H3/t9-,10+/m1/s1. The van der Waals surface area contributed by atoms with E-state index >= 15 is 0 Å². The van der Waals surface area contributed by atoms with Crippen LogP contribution >= 0.6 is 0 Å². The molecule has 1 aliphatic rings. The third kappa shape index (κ3) is 3.63. The molecule has 0 aromatic carbocycles. The Labute approximate surface area is 80.8 Å². The van der Waals surface area contributed by atoms with Crippen LogP contribution in [0.25, 0.3) is 0 Å². The average molecular weight is 187 g/mol. The third-order valence-corrected chi connectivity index (χ3v) is 2.57. The Kier molecular flexibility index (Phi) is 4.70. The summed E-state index contributed by atoms with van der Waals surface area (Å²) in [5.74, 6) is 0.705. The molecule has 0 radical (unpaired) electrons. The topological polar surface area (TPSA) is 30.5 Å². The summed E-state index contributed by atoms with van der Waals surface area (Å²) in [6, 6.07) is 0.632. The molecule has 1 N–H and O–H groups in total. The molecule has 0 spiro atoms. The average Bonchev–Trinajstić information content (AvgIpc) is 2.53. The van der Waals surface area contributed by atoms with Crippen molar-refractivity contribution in [2.45, 2.75) is 32.4 Å². The normalized spacial score (nSPS) is 28.6. The maximum absolute atomic E-state index is 5.64. The fourth-order valence-electron chi connectivity index (χ4n) is 1.67. The van der Waals surface area contributed by atoms with Crippen LogP contribution in [0.5, 0.6) is 0 Å². The molecule has 78 valence electrons. The van der Waals surface area contributed by atoms with Crippen molar-refractivity contribution >= 4 is 0 Å². The molecule has 3 nitrogen and oxygen atoms in total. The third-order valence-electron chi connectivity index (χ3n) is 2.57. The van der Waals surface area contributed by atoms with Crippen LogP contribution in [-0.4, -0.2) is 39.0 Å². The number of methoxy groups -OCH3 is 1. The van der Waals surface area contributed by atoms with Gasteiger partial charge in [-0.3, -0.25) is 0 Å². The van der Waals surface area contributed by atoms with Crippen molar-refractivity contribution in [3.05, 3.63) is 0 Å². The van der Waals surface area contributed by atoms with E-state index < -0.39 is 0 Å². The minimum Gasteiger partial charge on any atom is -0.382 e. The molecule has 0 amide bonds. The molecule has 0 bridgehead atoms. The second-order valence-corrected chi connectivity index (χ2v) is 3.98. The number of rotatable bonds is 5. The highest BCUT2D eigenvalue weighted by atomic mass is 16.5. The van der Waals surface area contributed by atoms with Crippen molar-refractivity contribution in [3.63, 3.8) is 0 Å². The van der Waals surface area contributed by atoms with E-state index in [4.69, 9.17) is 9.47 Å². The Bertz CT molecular complexity index is 139. The lowest BCUT2D eigenvalue weighted by molar-refractivity contribution is 0.0255. The molecule has 0 aromatic rings. The van der Waals surface area contributed by atoms with Gasteiger partial charge in [-0.15, -0.1) is 0 Å². The zero-order valence-electron chi connectivity index (χ0n) is 8.88. The van der Waals surface area contributed by atoms with Crippen molar-refractivity contribution in [2.24, 2.45) is 5.92 Å². The zero-order valence-corrected chi connectivity index (χ0v) is 8.88. The predicted octanol–water partition coefficient (Wildman–Crippen LogP) is 1.04. The van der Waals surface area contributed by atoms with E-state index in [0.717, 1.165) is 13.0 Å². The van der Waals surface area contributed by atoms with Gasteiger partial charge in [-0.25, -0.2) is 0 Å². The summed E-state index contributed by atoms with van der Waals surface area (Å²) in [5.41, 5.74) is 0. The lowest BCUT2D eigenvalue weighted by atomic mass is 10.0. The maximum Gasteiger partial charge on any atom is 0.0715 e. The van der Waals surface area contributed by atoms with Gasteiger partial charge in [0, 0.05) is 19.7 Å². The molecule has 3 heteroatoms. The molecule has 1 saturated heterocycles. The smallest absolute Gasteiger partial charge is 0.0715 e. The molecule has 13 heavy (non-hydrogen) atoms. The van der Waals surface area contributed by atoms with Gasteiger partial charge in [0.2, 0.25) is 0 Å². The summed E-state index contributed by atoms with van der Waals surface area (Å²) in [4.78, 5) is 0. The van der Waals surface area contributed by atoms with Gasteiger partial charge in [0.25, 0.3) is 0 Å². The van der Waals surface area contributed by atoms with Gasteiger partial charge in [-0.05, 0) is 12.3 Å². The first-order valence-corrected chi connectivity index (χ1v) is 5.08. The van der Waals surface area contributed by atoms with E-state index in [9.17, 15) is 0 Å². The first kappa shape index (κ1) is 11.0. The van der Waals surface area contributed by atoms with Crippen LogP contribution in [0.3, 0.4) is 0 Å². The summed E-state index contributed by atoms with van der Waals surface area (Å²) < 4.78 is 10.6. The largest absolute Gasteiger partial charge is 0.382 e. The Balaban J connectivity index is 2.10. The first-order chi connectivity index (χ1) is 6.24. The molecule has 1 heterocycles. The van der Waals surface area contributed by atoms with Crippen LogP contribution in [0.1, 0.15) is 20.3 Å². The van der Waals surface area contributed by atoms with E-state index in [1.165, 1.54) is 0 Å². The van der Waals surface area contributed by atoms with Gasteiger partial charge in [-0.1, -0.05) is 13.8 Å². The summed E-state index contributed by atoms with van der Waals surface area (Å²) in [6.45, 7) is 6.90. The summed E-state index contributed by atoms with van der Waals surface area (Å²) >= 11 is 0. The lowest BCUT2D eigenvalue weighted by Gasteiger charge is -2.14. The van der Waals surface area contributed by atoms with Crippen LogP contribution in [0.2, 0.25) is 0 Å². The second-order valence-electron chi connectivity index (χ2n) is 3.98. The predicted molar refractivity (Wildman–Crippen MR) is 52.9 cm³/mol. The highest BCUT2D eigenvalue weighted by molar-refractivity contribution is 4.84. The van der Waals surface area contributed by atoms with E-state index in [2.05, 4.69) is 19.2 Å². The minimum atomic E-state index is 0.391. The maximum atomic E-state index is 5.64. The molecule has 1 fully saturated rings. The minimum absolute atomic E-state index is 0.391. The highest BCUT2D eigenvalue weighted by Gasteiger charge is 2.26. The molecule has 0 aliphatic carbocycles. The summed E-state index contributed by atoms with van der Waals surface area (Å²) in [7, 11) is 1.70. The van der Waals surface area contributed by atoms with Crippen LogP contribution in [-0.2, 0) is 9.47 Å². The van der Waals surface area contributed by atoms with Crippen molar-refractivity contribution in [2.75, 3.05) is 26.9 Å². The molecule has 1 rings (SSSR count). The number of ether oxygens (including phenoxy) is 2. The molecule has 1 aliphatic heterocycles. The van der Waals surface area contributed by atoms with Gasteiger partial charge < -0.3 is 14.8 Å². The Morgan fingerprint density at radius 3 is 2.69 bits per heavy atom. The van der Waals surface area contributed by atoms with E-state index in [1.54, 1.807) is 7.11 Å². The van der Waals surface area contributed by atoms with Crippen LogP contribution < -0.4 is 5.32 Å². The van der Waals surface area contributed by atoms with Crippen LogP contribution in [0, 0.1) is 5.92 Å². The molecule has 0 saturated carbocycles. The fraction of sp³-hybridized carbons (Fsp3) is 1.00. The summed E-state index contributed by atoms with van der Waals surface area (Å²) in [6.07, 6.45) is 1.53. The number of hydrogen-bond acceptors (Lipinski definition) is 3. The van der Waals surface area contributed by atoms with Gasteiger partial charge in [-0.2, -0.15) is 0 Å². The summed E-state index contributed by atoms with van der Waals surface area (Å²) in [5, 5.41) is 3.47. The number of nitrogens with one attached hydrogen (secondary N) is 1. The van der Waals surface area contributed by atoms with Gasteiger partial charge in [0.1, 0.15) is 0 Å². The van der Waals surface area contributed by atoms with E-state index in [0.29, 0.717) is 31.3 Å². The first-order valence-electron chi connectivity index (χ1n) is 5.08. The van der Waals surface area contributed by atoms with E-state index in [1.807, 2.05) is 0 Å². The zero-order chi connectivity index (χ0) is 9.68. The molecule has 0 aromatic heterocycles. The SMILES string of the molecule is COCCO[C@H]1CN[C@H](C(C)C)C1. The Morgan fingerprint density at radius 1 is 1.38 bits per heavy atom. The fourth-order valence-corrected chi connectivity index (χ4v) is 1.67. The highest BCUT2D eigenvalue weighted by Crippen LogP contribution is 2.16. The van der Waals surface area contributed by atoms with Gasteiger partial charge >= 0.3 is 0 Å². The monoisotopic (exact) mass is 187 g/mol.